The van der Waals surface area contributed by atoms with Crippen molar-refractivity contribution in [2.24, 2.45) is 0 Å². The molecule has 0 aromatic heterocycles. The van der Waals surface area contributed by atoms with Gasteiger partial charge >= 0.3 is 0 Å². The predicted octanol–water partition coefficient (Wildman–Crippen LogP) is 4.72. The fourth-order valence-corrected chi connectivity index (χ4v) is 1.87. The minimum Gasteiger partial charge on any atom is -0.497 e. The molecule has 0 heterocycles. The van der Waals surface area contributed by atoms with E-state index in [1.165, 1.54) is 26.5 Å². The summed E-state index contributed by atoms with van der Waals surface area (Å²) in [6.45, 7) is 5.72. The summed E-state index contributed by atoms with van der Waals surface area (Å²) in [6, 6.07) is 4.81. The van der Waals surface area contributed by atoms with E-state index in [4.69, 9.17) is 14.2 Å². The maximum atomic E-state index is 12.9. The first-order valence-corrected chi connectivity index (χ1v) is 8.22. The van der Waals surface area contributed by atoms with Gasteiger partial charge in [0.05, 0.1) is 19.8 Å². The van der Waals surface area contributed by atoms with Crippen LogP contribution in [0.25, 0.3) is 0 Å². The van der Waals surface area contributed by atoms with E-state index in [2.05, 4.69) is 0 Å². The smallest absolute Gasteiger partial charge is 0.233 e. The highest BCUT2D eigenvalue weighted by molar-refractivity contribution is 6.09. The van der Waals surface area contributed by atoms with Gasteiger partial charge in [0.2, 0.25) is 5.78 Å². The largest absolute Gasteiger partial charge is 0.497 e. The summed E-state index contributed by atoms with van der Waals surface area (Å²) in [5, 5.41) is 0. The van der Waals surface area contributed by atoms with E-state index < -0.39 is 5.78 Å². The first kappa shape index (κ1) is 23.2. The molecule has 1 aromatic carbocycles. The van der Waals surface area contributed by atoms with Crippen LogP contribution in [-0.2, 0) is 4.74 Å². The van der Waals surface area contributed by atoms with Crippen LogP contribution in [0.2, 0.25) is 0 Å². The Bertz CT molecular complexity index is 664. The van der Waals surface area contributed by atoms with Crippen molar-refractivity contribution < 1.29 is 23.4 Å². The zero-order valence-electron chi connectivity index (χ0n) is 16.5. The van der Waals surface area contributed by atoms with Crippen molar-refractivity contribution in [1.82, 2.24) is 4.90 Å². The van der Waals surface area contributed by atoms with E-state index in [1.54, 1.807) is 50.2 Å². The van der Waals surface area contributed by atoms with Crippen molar-refractivity contribution in [3.63, 3.8) is 0 Å². The lowest BCUT2D eigenvalue weighted by Crippen LogP contribution is -2.13. The van der Waals surface area contributed by atoms with E-state index >= 15 is 0 Å². The van der Waals surface area contributed by atoms with Gasteiger partial charge in [0.15, 0.2) is 11.5 Å². The molecule has 0 saturated heterocycles. The number of hydrogen-bond acceptors (Lipinski definition) is 5. The van der Waals surface area contributed by atoms with E-state index in [0.29, 0.717) is 17.8 Å². The Morgan fingerprint density at radius 3 is 2.27 bits per heavy atom. The summed E-state index contributed by atoms with van der Waals surface area (Å²) in [6.07, 6.45) is 4.79. The van der Waals surface area contributed by atoms with Gasteiger partial charge < -0.3 is 19.1 Å². The van der Waals surface area contributed by atoms with Gasteiger partial charge in [-0.2, -0.15) is 0 Å². The van der Waals surface area contributed by atoms with Crippen LogP contribution in [0.1, 0.15) is 31.1 Å². The Hall–Kier alpha value is -2.76. The average Bonchev–Trinajstić information content (AvgIpc) is 2.66. The van der Waals surface area contributed by atoms with Crippen LogP contribution in [0.3, 0.4) is 0 Å². The van der Waals surface area contributed by atoms with Gasteiger partial charge in [-0.15, -0.1) is 0 Å². The maximum Gasteiger partial charge on any atom is 0.233 e. The molecule has 0 saturated carbocycles. The zero-order chi connectivity index (χ0) is 20.1. The molecule has 0 spiro atoms. The molecule has 144 valence electrons. The number of nitrogens with zero attached hydrogens (tertiary/aromatic N) is 1. The molecular formula is C20H28FNO4. The molecule has 0 aliphatic rings. The highest BCUT2D eigenvalue weighted by Gasteiger charge is 2.20. The van der Waals surface area contributed by atoms with Crippen molar-refractivity contribution in [2.75, 3.05) is 28.3 Å². The van der Waals surface area contributed by atoms with Crippen molar-refractivity contribution >= 4 is 5.78 Å². The number of rotatable bonds is 8. The number of allylic oxidation sites excluding steroid dienone is 3. The predicted molar refractivity (Wildman–Crippen MR) is 102 cm³/mol. The van der Waals surface area contributed by atoms with Crippen LogP contribution < -0.4 is 9.47 Å². The zero-order valence-corrected chi connectivity index (χ0v) is 16.5. The second-order valence-electron chi connectivity index (χ2n) is 4.97. The monoisotopic (exact) mass is 365 g/mol. The number of carbonyl (C=O) groups excluding carboxylic acids is 1. The Labute approximate surface area is 155 Å². The number of benzene rings is 1. The molecule has 5 nitrogen and oxygen atoms in total. The van der Waals surface area contributed by atoms with Crippen LogP contribution in [0, 0.1) is 0 Å². The molecule has 0 N–H and O–H groups in total. The van der Waals surface area contributed by atoms with Gasteiger partial charge in [-0.3, -0.25) is 4.79 Å². The van der Waals surface area contributed by atoms with Crippen LogP contribution in [-0.4, -0.2) is 39.0 Å². The molecule has 0 amide bonds. The van der Waals surface area contributed by atoms with Crippen molar-refractivity contribution in [3.8, 4) is 11.5 Å². The Balaban J connectivity index is 0.00000301. The lowest BCUT2D eigenvalue weighted by molar-refractivity contribution is 0.0954. The second kappa shape index (κ2) is 12.6. The Morgan fingerprint density at radius 1 is 1.15 bits per heavy atom. The van der Waals surface area contributed by atoms with Gasteiger partial charge in [-0.1, -0.05) is 19.9 Å². The molecule has 0 aliphatic heterocycles. The summed E-state index contributed by atoms with van der Waals surface area (Å²) in [5.41, 5.74) is 0.282. The first-order chi connectivity index (χ1) is 12.5. The lowest BCUT2D eigenvalue weighted by Gasteiger charge is -2.15. The molecule has 0 bridgehead atoms. The summed E-state index contributed by atoms with van der Waals surface area (Å²) >= 11 is 0. The lowest BCUT2D eigenvalue weighted by atomic mass is 10.1. The van der Waals surface area contributed by atoms with Crippen molar-refractivity contribution in [1.29, 1.82) is 0 Å². The van der Waals surface area contributed by atoms with Crippen LogP contribution >= 0.6 is 0 Å². The number of halogens is 1. The van der Waals surface area contributed by atoms with Crippen LogP contribution in [0.5, 0.6) is 11.5 Å². The van der Waals surface area contributed by atoms with E-state index in [9.17, 15) is 9.18 Å². The number of carbonyl (C=O) groups is 1. The standard InChI is InChI=1S/C18H22FNO4.C2H6/c1-6-7-14(11-19)24-17(12-20(2)3)18(21)15-9-8-13(22-4)10-16(15)23-5;1-2/h6-12H,1-5H3;1-2H3/b7-6-,14-11+,17-12-;. The SMILES string of the molecule is C/C=C\C(=C/F)O/C(=C\N(C)C)C(=O)c1ccc(OC)cc1OC.CC. The van der Waals surface area contributed by atoms with Crippen molar-refractivity contribution in [2.45, 2.75) is 20.8 Å². The molecule has 26 heavy (non-hydrogen) atoms. The number of methoxy groups -OCH3 is 2. The topological polar surface area (TPSA) is 48.0 Å². The van der Waals surface area contributed by atoms with Gasteiger partial charge in [-0.25, -0.2) is 4.39 Å². The number of ketones is 1. The summed E-state index contributed by atoms with van der Waals surface area (Å²) in [5.74, 6) is 0.342. The van der Waals surface area contributed by atoms with Crippen molar-refractivity contribution in [3.05, 3.63) is 60.0 Å². The van der Waals surface area contributed by atoms with Gasteiger partial charge in [0.1, 0.15) is 17.8 Å². The quantitative estimate of drug-likeness (QED) is 0.289. The third kappa shape index (κ3) is 7.01. The number of ether oxygens (including phenoxy) is 3. The number of Topliss-reactive ketones (excluding diaryl/α,β-unsaturated/α-hetero) is 1. The van der Waals surface area contributed by atoms with Crippen LogP contribution in [0.4, 0.5) is 4.39 Å². The minimum atomic E-state index is -0.438. The third-order valence-electron chi connectivity index (χ3n) is 2.92. The molecule has 1 aromatic rings. The van der Waals surface area contributed by atoms with Gasteiger partial charge in [0, 0.05) is 26.4 Å². The molecule has 0 unspecified atom stereocenters. The molecule has 0 atom stereocenters. The molecule has 0 fully saturated rings. The Kier molecular flexibility index (Phi) is 11.2. The van der Waals surface area contributed by atoms with Crippen LogP contribution in [0.15, 0.2) is 54.4 Å². The van der Waals surface area contributed by atoms with E-state index in [1.807, 2.05) is 13.8 Å². The summed E-state index contributed by atoms with van der Waals surface area (Å²) < 4.78 is 28.7. The normalized spacial score (nSPS) is 11.5. The summed E-state index contributed by atoms with van der Waals surface area (Å²) in [4.78, 5) is 14.4. The highest BCUT2D eigenvalue weighted by atomic mass is 19.1. The van der Waals surface area contributed by atoms with E-state index in [0.717, 1.165) is 0 Å². The average molecular weight is 365 g/mol. The molecule has 0 aliphatic carbocycles. The third-order valence-corrected chi connectivity index (χ3v) is 2.92. The maximum absolute atomic E-state index is 12.9. The molecule has 1 rings (SSSR count). The van der Waals surface area contributed by atoms with Gasteiger partial charge in [-0.05, 0) is 25.1 Å². The molecule has 6 heteroatoms. The fraction of sp³-hybridized carbons (Fsp3) is 0.350. The highest BCUT2D eigenvalue weighted by Crippen LogP contribution is 2.27. The molecule has 0 radical (unpaired) electrons. The minimum absolute atomic E-state index is 0.0366. The number of hydrogen-bond donors (Lipinski definition) is 0. The molecular weight excluding hydrogens is 337 g/mol. The first-order valence-electron chi connectivity index (χ1n) is 8.22. The summed E-state index contributed by atoms with van der Waals surface area (Å²) in [7, 11) is 6.44. The van der Waals surface area contributed by atoms with E-state index in [-0.39, 0.29) is 17.1 Å². The second-order valence-corrected chi connectivity index (χ2v) is 4.97. The fourth-order valence-electron chi connectivity index (χ4n) is 1.87. The van der Waals surface area contributed by atoms with Gasteiger partial charge in [0.25, 0.3) is 0 Å². The Morgan fingerprint density at radius 2 is 1.81 bits per heavy atom.